The molecule has 0 aromatic heterocycles. The second-order valence-electron chi connectivity index (χ2n) is 3.39. The van der Waals surface area contributed by atoms with Crippen molar-refractivity contribution in [1.29, 1.82) is 0 Å². The molecule has 1 rings (SSSR count). The summed E-state index contributed by atoms with van der Waals surface area (Å²) >= 11 is 1.53. The van der Waals surface area contributed by atoms with Gasteiger partial charge in [0.05, 0.1) is 11.0 Å². The molecule has 1 unspecified atom stereocenters. The minimum Gasteiger partial charge on any atom is -0.351 e. The summed E-state index contributed by atoms with van der Waals surface area (Å²) in [5.74, 6) is -0.00736. The van der Waals surface area contributed by atoms with Gasteiger partial charge in [0.15, 0.2) is 5.78 Å². The van der Waals surface area contributed by atoms with Crippen molar-refractivity contribution in [1.82, 2.24) is 4.23 Å². The van der Waals surface area contributed by atoms with Gasteiger partial charge < -0.3 is 4.23 Å². The molecule has 3 nitrogen and oxygen atoms in total. The summed E-state index contributed by atoms with van der Waals surface area (Å²) in [6.07, 6.45) is 1.94. The van der Waals surface area contributed by atoms with Gasteiger partial charge >= 0.3 is 0 Å². The number of ketones is 1. The van der Waals surface area contributed by atoms with Crippen LogP contribution >= 0.6 is 11.8 Å². The Morgan fingerprint density at radius 3 is 2.53 bits per heavy atom. The van der Waals surface area contributed by atoms with Crippen LogP contribution in [0.2, 0.25) is 0 Å². The first-order valence-electron chi connectivity index (χ1n) is 4.51. The van der Waals surface area contributed by atoms with Crippen molar-refractivity contribution in [3.8, 4) is 0 Å². The highest BCUT2D eigenvalue weighted by atomic mass is 32.2. The largest absolute Gasteiger partial charge is 0.351 e. The van der Waals surface area contributed by atoms with Gasteiger partial charge in [0.2, 0.25) is 0 Å². The Labute approximate surface area is 101 Å². The van der Waals surface area contributed by atoms with Crippen LogP contribution in [-0.4, -0.2) is 48.7 Å². The van der Waals surface area contributed by atoms with Crippen LogP contribution in [0.15, 0.2) is 16.3 Å². The lowest BCUT2D eigenvalue weighted by Gasteiger charge is -2.24. The molecule has 0 aliphatic carbocycles. The highest BCUT2D eigenvalue weighted by Crippen LogP contribution is 2.25. The van der Waals surface area contributed by atoms with Crippen LogP contribution < -0.4 is 0 Å². The van der Waals surface area contributed by atoms with Gasteiger partial charge in [-0.2, -0.15) is 0 Å². The fraction of sp³-hybridized carbons (Fsp3) is 0.556. The van der Waals surface area contributed by atoms with Crippen LogP contribution in [0.5, 0.6) is 0 Å². The maximum atomic E-state index is 12.0. The third kappa shape index (κ3) is 2.90. The zero-order chi connectivity index (χ0) is 11.6. The topological polar surface area (TPSA) is 32.7 Å². The maximum absolute atomic E-state index is 12.0. The molecule has 1 aliphatic heterocycles. The van der Waals surface area contributed by atoms with E-state index >= 15 is 0 Å². The fourth-order valence-corrected chi connectivity index (χ4v) is 2.47. The Morgan fingerprint density at radius 2 is 2.07 bits per heavy atom. The molecular formula is C9H12N2OSSi2. The Bertz CT molecular complexity index is 339. The molecule has 0 saturated carbocycles. The SMILES string of the molecule is CSC1=NC(C)=C(C)C(=O)C1CN([Si])[Si]. The number of allylic oxidation sites excluding steroid dienone is 2. The summed E-state index contributed by atoms with van der Waals surface area (Å²) < 4.78 is 1.64. The summed E-state index contributed by atoms with van der Waals surface area (Å²) in [4.78, 5) is 16.5. The maximum Gasteiger partial charge on any atom is 0.171 e. The molecule has 0 amide bonds. The highest BCUT2D eigenvalue weighted by molar-refractivity contribution is 8.13. The van der Waals surface area contributed by atoms with Crippen LogP contribution in [0.1, 0.15) is 13.8 Å². The lowest BCUT2D eigenvalue weighted by atomic mass is 9.96. The molecule has 15 heavy (non-hydrogen) atoms. The van der Waals surface area contributed by atoms with Gasteiger partial charge in [-0.15, -0.1) is 11.8 Å². The normalized spacial score (nSPS) is 22.4. The number of nitrogens with zero attached hydrogens (tertiary/aromatic N) is 2. The number of carbonyl (C=O) groups excluding carboxylic acids is 1. The summed E-state index contributed by atoms with van der Waals surface area (Å²) in [5.41, 5.74) is 1.59. The fourth-order valence-electron chi connectivity index (χ4n) is 1.41. The predicted molar refractivity (Wildman–Crippen MR) is 66.0 cm³/mol. The molecule has 6 radical (unpaired) electrons. The first kappa shape index (κ1) is 12.9. The summed E-state index contributed by atoms with van der Waals surface area (Å²) in [6.45, 7) is 4.27. The van der Waals surface area contributed by atoms with Gasteiger partial charge in [0, 0.05) is 17.8 Å². The molecule has 1 aliphatic rings. The number of aliphatic imine (C=N–C) groups is 1. The Morgan fingerprint density at radius 1 is 1.47 bits per heavy atom. The average Bonchev–Trinajstić information content (AvgIpc) is 2.18. The first-order valence-corrected chi connectivity index (χ1v) is 6.63. The van der Waals surface area contributed by atoms with E-state index in [1.54, 1.807) is 4.23 Å². The van der Waals surface area contributed by atoms with Gasteiger partial charge in [0.1, 0.15) is 20.8 Å². The van der Waals surface area contributed by atoms with Gasteiger partial charge in [-0.25, -0.2) is 0 Å². The number of thioether (sulfide) groups is 1. The molecule has 1 atom stereocenters. The molecule has 0 saturated heterocycles. The van der Waals surface area contributed by atoms with E-state index in [4.69, 9.17) is 0 Å². The van der Waals surface area contributed by atoms with Crippen molar-refractivity contribution in [2.45, 2.75) is 13.8 Å². The van der Waals surface area contributed by atoms with Gasteiger partial charge in [-0.3, -0.25) is 9.79 Å². The van der Waals surface area contributed by atoms with Crippen molar-refractivity contribution in [3.05, 3.63) is 11.3 Å². The van der Waals surface area contributed by atoms with Gasteiger partial charge in [-0.1, -0.05) is 0 Å². The zero-order valence-corrected chi connectivity index (χ0v) is 11.8. The van der Waals surface area contributed by atoms with E-state index in [2.05, 4.69) is 25.8 Å². The Kier molecular flexibility index (Phi) is 4.51. The van der Waals surface area contributed by atoms with E-state index < -0.39 is 0 Å². The van der Waals surface area contributed by atoms with Crippen LogP contribution in [-0.2, 0) is 4.79 Å². The van der Waals surface area contributed by atoms with Crippen LogP contribution in [0.25, 0.3) is 0 Å². The molecule has 0 spiro atoms. The number of Topliss-reactive ketones (excluding diaryl/α,β-unsaturated/α-hetero) is 1. The summed E-state index contributed by atoms with van der Waals surface area (Å²) in [6, 6.07) is 0. The molecular weight excluding hydrogens is 240 g/mol. The minimum absolute atomic E-state index is 0.161. The third-order valence-electron chi connectivity index (χ3n) is 2.38. The van der Waals surface area contributed by atoms with E-state index in [9.17, 15) is 4.79 Å². The van der Waals surface area contributed by atoms with Crippen LogP contribution in [0.3, 0.4) is 0 Å². The van der Waals surface area contributed by atoms with Crippen molar-refractivity contribution in [3.63, 3.8) is 0 Å². The lowest BCUT2D eigenvalue weighted by molar-refractivity contribution is -0.117. The number of hydrogen-bond donors (Lipinski definition) is 0. The van der Waals surface area contributed by atoms with E-state index in [1.165, 1.54) is 11.8 Å². The standard InChI is InChI=1S/C9H12N2OSSi2/c1-5-6(2)10-9(13-3)7(8(5)12)4-11(14)15/h7H,4H2,1-3H3. The van der Waals surface area contributed by atoms with E-state index in [0.717, 1.165) is 16.3 Å². The van der Waals surface area contributed by atoms with E-state index in [1.807, 2.05) is 20.1 Å². The lowest BCUT2D eigenvalue weighted by Crippen LogP contribution is -2.36. The predicted octanol–water partition coefficient (Wildman–Crippen LogP) is 0.710. The minimum atomic E-state index is -0.168. The number of rotatable bonds is 2. The Hall–Kier alpha value is -0.176. The average molecular weight is 252 g/mol. The molecule has 78 valence electrons. The van der Waals surface area contributed by atoms with Crippen LogP contribution in [0.4, 0.5) is 0 Å². The number of carbonyl (C=O) groups is 1. The van der Waals surface area contributed by atoms with Crippen LogP contribution in [0, 0.1) is 5.92 Å². The zero-order valence-electron chi connectivity index (χ0n) is 9.00. The van der Waals surface area contributed by atoms with Crippen molar-refractivity contribution in [2.24, 2.45) is 10.9 Å². The van der Waals surface area contributed by atoms with Crippen molar-refractivity contribution < 1.29 is 4.79 Å². The second-order valence-corrected chi connectivity index (χ2v) is 5.75. The van der Waals surface area contributed by atoms with Crippen molar-refractivity contribution in [2.75, 3.05) is 12.8 Å². The molecule has 0 N–H and O–H groups in total. The van der Waals surface area contributed by atoms with Crippen molar-refractivity contribution >= 4 is 43.4 Å². The molecule has 0 aromatic carbocycles. The first-order chi connectivity index (χ1) is 6.97. The quantitative estimate of drug-likeness (QED) is 0.679. The highest BCUT2D eigenvalue weighted by Gasteiger charge is 2.29. The van der Waals surface area contributed by atoms with Gasteiger partial charge in [0.25, 0.3) is 0 Å². The Balaban J connectivity index is 2.99. The molecule has 0 bridgehead atoms. The summed E-state index contributed by atoms with van der Waals surface area (Å²) in [7, 11) is 6.59. The summed E-state index contributed by atoms with van der Waals surface area (Å²) in [5, 5.41) is 0.879. The second kappa shape index (κ2) is 5.24. The third-order valence-corrected chi connectivity index (χ3v) is 3.54. The molecule has 6 heteroatoms. The monoisotopic (exact) mass is 252 g/mol. The smallest absolute Gasteiger partial charge is 0.171 e. The van der Waals surface area contributed by atoms with E-state index in [-0.39, 0.29) is 11.7 Å². The number of hydrogen-bond acceptors (Lipinski definition) is 4. The molecule has 0 fully saturated rings. The molecule has 1 heterocycles. The molecule has 0 aromatic rings. The van der Waals surface area contributed by atoms with E-state index in [0.29, 0.717) is 6.54 Å². The van der Waals surface area contributed by atoms with Gasteiger partial charge in [-0.05, 0) is 20.1 Å².